The molecule has 1 fully saturated rings. The lowest BCUT2D eigenvalue weighted by molar-refractivity contribution is -0.130. The van der Waals surface area contributed by atoms with Crippen molar-refractivity contribution in [2.75, 3.05) is 11.4 Å². The van der Waals surface area contributed by atoms with Gasteiger partial charge in [0.25, 0.3) is 0 Å². The molecule has 0 bridgehead atoms. The summed E-state index contributed by atoms with van der Waals surface area (Å²) in [5.41, 5.74) is 5.85. The van der Waals surface area contributed by atoms with Crippen molar-refractivity contribution in [1.82, 2.24) is 5.32 Å². The molecule has 6 heteroatoms. The highest BCUT2D eigenvalue weighted by Crippen LogP contribution is 2.23. The van der Waals surface area contributed by atoms with E-state index in [2.05, 4.69) is 5.32 Å². The third-order valence-electron chi connectivity index (χ3n) is 3.94. The number of carbonyl (C=O) groups excluding carboxylic acids is 2. The molecule has 120 valence electrons. The van der Waals surface area contributed by atoms with Gasteiger partial charge in [0.2, 0.25) is 11.8 Å². The molecule has 2 amide bonds. The first kappa shape index (κ1) is 16.8. The van der Waals surface area contributed by atoms with Gasteiger partial charge in [-0.1, -0.05) is 24.9 Å². The maximum atomic E-state index is 12.4. The molecule has 2 atom stereocenters. The standard InChI is InChI=1S/C16H22ClN3O2/c1-3-9-16(2,18)15(22)19-13-8-10-20(14(13)21)12-6-4-11(17)5-7-12/h4-7,13H,3,8-10,18H2,1-2H3,(H,19,22). The topological polar surface area (TPSA) is 75.4 Å². The molecule has 0 aliphatic carbocycles. The number of amides is 2. The van der Waals surface area contributed by atoms with E-state index in [4.69, 9.17) is 17.3 Å². The predicted molar refractivity (Wildman–Crippen MR) is 87.9 cm³/mol. The largest absolute Gasteiger partial charge is 0.343 e. The average molecular weight is 324 g/mol. The lowest BCUT2D eigenvalue weighted by Crippen LogP contribution is -2.55. The molecule has 1 aliphatic heterocycles. The van der Waals surface area contributed by atoms with E-state index in [0.29, 0.717) is 24.4 Å². The van der Waals surface area contributed by atoms with Crippen LogP contribution in [0.2, 0.25) is 5.02 Å². The summed E-state index contributed by atoms with van der Waals surface area (Å²) < 4.78 is 0. The zero-order chi connectivity index (χ0) is 16.3. The maximum absolute atomic E-state index is 12.4. The van der Waals surface area contributed by atoms with Gasteiger partial charge in [-0.3, -0.25) is 9.59 Å². The van der Waals surface area contributed by atoms with Crippen molar-refractivity contribution in [3.63, 3.8) is 0 Å². The molecule has 0 aromatic heterocycles. The lowest BCUT2D eigenvalue weighted by Gasteiger charge is -2.25. The van der Waals surface area contributed by atoms with E-state index in [1.54, 1.807) is 36.1 Å². The third-order valence-corrected chi connectivity index (χ3v) is 4.19. The number of nitrogens with one attached hydrogen (secondary N) is 1. The summed E-state index contributed by atoms with van der Waals surface area (Å²) in [5, 5.41) is 3.41. The number of anilines is 1. The second-order valence-electron chi connectivity index (χ2n) is 5.95. The second-order valence-corrected chi connectivity index (χ2v) is 6.38. The van der Waals surface area contributed by atoms with Crippen LogP contribution in [-0.2, 0) is 9.59 Å². The first-order valence-electron chi connectivity index (χ1n) is 7.52. The Hall–Kier alpha value is -1.59. The number of hydrogen-bond donors (Lipinski definition) is 2. The SMILES string of the molecule is CCCC(C)(N)C(=O)NC1CCN(c2ccc(Cl)cc2)C1=O. The molecule has 2 unspecified atom stereocenters. The smallest absolute Gasteiger partial charge is 0.249 e. The van der Waals surface area contributed by atoms with Crippen molar-refractivity contribution in [1.29, 1.82) is 0 Å². The van der Waals surface area contributed by atoms with E-state index < -0.39 is 11.6 Å². The minimum atomic E-state index is -0.942. The van der Waals surface area contributed by atoms with E-state index in [1.165, 1.54) is 0 Å². The first-order chi connectivity index (χ1) is 10.3. The lowest BCUT2D eigenvalue weighted by atomic mass is 9.96. The maximum Gasteiger partial charge on any atom is 0.249 e. The molecule has 1 saturated heterocycles. The summed E-state index contributed by atoms with van der Waals surface area (Å²) in [5.74, 6) is -0.381. The van der Waals surface area contributed by atoms with Crippen LogP contribution in [0.1, 0.15) is 33.1 Å². The number of hydrogen-bond acceptors (Lipinski definition) is 3. The van der Waals surface area contributed by atoms with Crippen molar-refractivity contribution in [2.24, 2.45) is 5.73 Å². The van der Waals surface area contributed by atoms with Gasteiger partial charge in [0, 0.05) is 17.3 Å². The Kier molecular flexibility index (Phi) is 5.08. The highest BCUT2D eigenvalue weighted by Gasteiger charge is 2.37. The predicted octanol–water partition coefficient (Wildman–Crippen LogP) is 2.08. The molecule has 1 aliphatic rings. The summed E-state index contributed by atoms with van der Waals surface area (Å²) >= 11 is 5.86. The van der Waals surface area contributed by atoms with E-state index in [1.807, 2.05) is 6.92 Å². The van der Waals surface area contributed by atoms with Gasteiger partial charge in [0.1, 0.15) is 6.04 Å². The van der Waals surface area contributed by atoms with Crippen LogP contribution in [0.4, 0.5) is 5.69 Å². The zero-order valence-corrected chi connectivity index (χ0v) is 13.7. The first-order valence-corrected chi connectivity index (χ1v) is 7.89. The fraction of sp³-hybridized carbons (Fsp3) is 0.500. The van der Waals surface area contributed by atoms with E-state index in [0.717, 1.165) is 12.1 Å². The minimum Gasteiger partial charge on any atom is -0.343 e. The molecule has 2 rings (SSSR count). The van der Waals surface area contributed by atoms with Gasteiger partial charge >= 0.3 is 0 Å². The molecule has 1 aromatic carbocycles. The monoisotopic (exact) mass is 323 g/mol. The Balaban J connectivity index is 2.02. The molecular formula is C16H22ClN3O2. The molecule has 1 heterocycles. The Labute approximate surface area is 135 Å². The van der Waals surface area contributed by atoms with E-state index in [9.17, 15) is 9.59 Å². The van der Waals surface area contributed by atoms with Crippen LogP contribution in [0.25, 0.3) is 0 Å². The number of nitrogens with two attached hydrogens (primary N) is 1. The number of nitrogens with zero attached hydrogens (tertiary/aromatic N) is 1. The van der Waals surface area contributed by atoms with Crippen LogP contribution in [0.5, 0.6) is 0 Å². The number of rotatable bonds is 5. The highest BCUT2D eigenvalue weighted by molar-refractivity contribution is 6.30. The zero-order valence-electron chi connectivity index (χ0n) is 12.9. The van der Waals surface area contributed by atoms with Gasteiger partial charge in [-0.05, 0) is 44.0 Å². The molecule has 3 N–H and O–H groups in total. The number of carbonyl (C=O) groups is 2. The summed E-state index contributed by atoms with van der Waals surface area (Å²) in [4.78, 5) is 26.3. The fourth-order valence-electron chi connectivity index (χ4n) is 2.65. The van der Waals surface area contributed by atoms with Gasteiger partial charge in [-0.25, -0.2) is 0 Å². The molecule has 22 heavy (non-hydrogen) atoms. The van der Waals surface area contributed by atoms with Crippen molar-refractivity contribution >= 4 is 29.1 Å². The minimum absolute atomic E-state index is 0.108. The average Bonchev–Trinajstić information content (AvgIpc) is 2.81. The molecule has 5 nitrogen and oxygen atoms in total. The van der Waals surface area contributed by atoms with Crippen LogP contribution in [0.15, 0.2) is 24.3 Å². The Morgan fingerprint density at radius 2 is 2.09 bits per heavy atom. The van der Waals surface area contributed by atoms with Crippen LogP contribution in [0.3, 0.4) is 0 Å². The van der Waals surface area contributed by atoms with Crippen molar-refractivity contribution in [2.45, 2.75) is 44.7 Å². The van der Waals surface area contributed by atoms with E-state index in [-0.39, 0.29) is 11.8 Å². The van der Waals surface area contributed by atoms with Crippen molar-refractivity contribution < 1.29 is 9.59 Å². The molecule has 0 saturated carbocycles. The quantitative estimate of drug-likeness (QED) is 0.871. The van der Waals surface area contributed by atoms with Crippen LogP contribution in [-0.4, -0.2) is 29.9 Å². The molecule has 1 aromatic rings. The van der Waals surface area contributed by atoms with Gasteiger partial charge in [0.15, 0.2) is 0 Å². The Morgan fingerprint density at radius 1 is 1.45 bits per heavy atom. The van der Waals surface area contributed by atoms with Gasteiger partial charge < -0.3 is 16.0 Å². The van der Waals surface area contributed by atoms with Crippen LogP contribution >= 0.6 is 11.6 Å². The summed E-state index contributed by atoms with van der Waals surface area (Å²) in [7, 11) is 0. The van der Waals surface area contributed by atoms with Crippen LogP contribution < -0.4 is 16.0 Å². The fourth-order valence-corrected chi connectivity index (χ4v) is 2.77. The third kappa shape index (κ3) is 3.59. The molecule has 0 spiro atoms. The Morgan fingerprint density at radius 3 is 2.68 bits per heavy atom. The number of benzene rings is 1. The number of halogens is 1. The summed E-state index contributed by atoms with van der Waals surface area (Å²) in [6, 6.07) is 6.58. The molecular weight excluding hydrogens is 302 g/mol. The highest BCUT2D eigenvalue weighted by atomic mass is 35.5. The van der Waals surface area contributed by atoms with E-state index >= 15 is 0 Å². The normalized spacial score (nSPS) is 20.8. The van der Waals surface area contributed by atoms with Gasteiger partial charge in [0.05, 0.1) is 5.54 Å². The summed E-state index contributed by atoms with van der Waals surface area (Å²) in [6.45, 7) is 4.24. The Bertz CT molecular complexity index is 557. The van der Waals surface area contributed by atoms with Crippen LogP contribution in [0, 0.1) is 0 Å². The van der Waals surface area contributed by atoms with Gasteiger partial charge in [-0.15, -0.1) is 0 Å². The van der Waals surface area contributed by atoms with Crippen molar-refractivity contribution in [3.05, 3.63) is 29.3 Å². The van der Waals surface area contributed by atoms with Crippen molar-refractivity contribution in [3.8, 4) is 0 Å². The molecule has 0 radical (unpaired) electrons. The van der Waals surface area contributed by atoms with Gasteiger partial charge in [-0.2, -0.15) is 0 Å². The summed E-state index contributed by atoms with van der Waals surface area (Å²) in [6.07, 6.45) is 1.98. The second kappa shape index (κ2) is 6.67.